The first-order chi connectivity index (χ1) is 6.97. The molecule has 0 radical (unpaired) electrons. The first kappa shape index (κ1) is 13.4. The number of amides is 1. The maximum Gasteiger partial charge on any atom is 0.306 e. The minimum absolute atomic E-state index is 0.00204. The average molecular weight is 213 g/mol. The van der Waals surface area contributed by atoms with E-state index in [1.165, 1.54) is 6.92 Å². The summed E-state index contributed by atoms with van der Waals surface area (Å²) >= 11 is 0. The van der Waals surface area contributed by atoms with Crippen LogP contribution in [-0.4, -0.2) is 24.3 Å². The number of Topliss-reactive ketones (excluding diaryl/α,β-unsaturated/α-hetero) is 1. The fourth-order valence-electron chi connectivity index (χ4n) is 0.882. The van der Waals surface area contributed by atoms with E-state index in [0.29, 0.717) is 6.61 Å². The lowest BCUT2D eigenvalue weighted by molar-refractivity contribution is -0.144. The van der Waals surface area contributed by atoms with Crippen molar-refractivity contribution in [3.8, 4) is 0 Å². The Balaban J connectivity index is 3.88. The molecule has 84 valence electrons. The highest BCUT2D eigenvalue weighted by Gasteiger charge is 2.11. The third-order valence-electron chi connectivity index (χ3n) is 1.53. The van der Waals surface area contributed by atoms with Crippen molar-refractivity contribution in [2.45, 2.75) is 26.7 Å². The van der Waals surface area contributed by atoms with Gasteiger partial charge in [-0.15, -0.1) is 0 Å². The molecule has 0 spiro atoms. The summed E-state index contributed by atoms with van der Waals surface area (Å²) in [5, 5.41) is 2.26. The van der Waals surface area contributed by atoms with Gasteiger partial charge in [-0.1, -0.05) is 6.58 Å². The van der Waals surface area contributed by atoms with Crippen LogP contribution in [0.2, 0.25) is 0 Å². The Bertz CT molecular complexity index is 283. The van der Waals surface area contributed by atoms with Crippen LogP contribution in [0.1, 0.15) is 26.7 Å². The van der Waals surface area contributed by atoms with Crippen LogP contribution in [0.4, 0.5) is 0 Å². The zero-order chi connectivity index (χ0) is 11.8. The van der Waals surface area contributed by atoms with Gasteiger partial charge in [-0.3, -0.25) is 14.4 Å². The Hall–Kier alpha value is -1.65. The number of esters is 1. The maximum atomic E-state index is 11.3. The topological polar surface area (TPSA) is 72.5 Å². The molecule has 0 aromatic carbocycles. The van der Waals surface area contributed by atoms with Crippen molar-refractivity contribution in [3.63, 3.8) is 0 Å². The number of rotatable bonds is 6. The summed E-state index contributed by atoms with van der Waals surface area (Å²) < 4.78 is 4.64. The highest BCUT2D eigenvalue weighted by Crippen LogP contribution is 1.99. The molecule has 0 rings (SSSR count). The number of carbonyl (C=O) groups excluding carboxylic acids is 3. The molecule has 1 N–H and O–H groups in total. The lowest BCUT2D eigenvalue weighted by Crippen LogP contribution is -2.24. The number of ketones is 1. The fourth-order valence-corrected chi connectivity index (χ4v) is 0.882. The van der Waals surface area contributed by atoms with E-state index < -0.39 is 5.97 Å². The summed E-state index contributed by atoms with van der Waals surface area (Å²) in [5.74, 6) is -1.15. The number of carbonyl (C=O) groups is 3. The molecular weight excluding hydrogens is 198 g/mol. The minimum Gasteiger partial charge on any atom is -0.466 e. The van der Waals surface area contributed by atoms with Gasteiger partial charge in [-0.05, 0) is 6.92 Å². The SMILES string of the molecule is C=C(NC(C)=O)C(=O)CCC(=O)OCC. The summed E-state index contributed by atoms with van der Waals surface area (Å²) in [6.45, 7) is 6.65. The Morgan fingerprint density at radius 1 is 1.27 bits per heavy atom. The number of nitrogens with one attached hydrogen (secondary N) is 1. The summed E-state index contributed by atoms with van der Waals surface area (Å²) in [5.41, 5.74) is 0.00629. The Morgan fingerprint density at radius 2 is 1.87 bits per heavy atom. The normalized spacial score (nSPS) is 9.20. The molecule has 0 aromatic heterocycles. The van der Waals surface area contributed by atoms with Crippen molar-refractivity contribution >= 4 is 17.7 Å². The van der Waals surface area contributed by atoms with Gasteiger partial charge in [0.2, 0.25) is 5.91 Å². The van der Waals surface area contributed by atoms with Crippen LogP contribution in [0, 0.1) is 0 Å². The average Bonchev–Trinajstić information content (AvgIpc) is 2.13. The van der Waals surface area contributed by atoms with E-state index in [2.05, 4.69) is 16.6 Å². The number of allylic oxidation sites excluding steroid dienone is 1. The van der Waals surface area contributed by atoms with Gasteiger partial charge in [0, 0.05) is 13.3 Å². The molecule has 0 bridgehead atoms. The van der Waals surface area contributed by atoms with E-state index in [9.17, 15) is 14.4 Å². The monoisotopic (exact) mass is 213 g/mol. The Morgan fingerprint density at radius 3 is 2.33 bits per heavy atom. The molecule has 0 aliphatic carbocycles. The molecule has 15 heavy (non-hydrogen) atoms. The van der Waals surface area contributed by atoms with Crippen molar-refractivity contribution in [1.82, 2.24) is 5.32 Å². The lowest BCUT2D eigenvalue weighted by atomic mass is 10.2. The second-order valence-corrected chi connectivity index (χ2v) is 2.89. The summed E-state index contributed by atoms with van der Waals surface area (Å²) in [4.78, 5) is 32.7. The van der Waals surface area contributed by atoms with Crippen molar-refractivity contribution in [2.24, 2.45) is 0 Å². The van der Waals surface area contributed by atoms with Gasteiger partial charge in [0.1, 0.15) is 0 Å². The number of hydrogen-bond donors (Lipinski definition) is 1. The van der Waals surface area contributed by atoms with Crippen LogP contribution in [0.15, 0.2) is 12.3 Å². The molecule has 0 atom stereocenters. The van der Waals surface area contributed by atoms with Crippen LogP contribution < -0.4 is 5.32 Å². The van der Waals surface area contributed by atoms with Gasteiger partial charge in [0.15, 0.2) is 5.78 Å². The number of hydrogen-bond acceptors (Lipinski definition) is 4. The van der Waals surface area contributed by atoms with E-state index in [4.69, 9.17) is 0 Å². The molecule has 0 aliphatic heterocycles. The zero-order valence-electron chi connectivity index (χ0n) is 8.96. The van der Waals surface area contributed by atoms with Gasteiger partial charge in [0.05, 0.1) is 18.7 Å². The van der Waals surface area contributed by atoms with Gasteiger partial charge in [-0.2, -0.15) is 0 Å². The standard InChI is InChI=1S/C10H15NO4/c1-4-15-10(14)6-5-9(13)7(2)11-8(3)12/h2,4-6H2,1,3H3,(H,11,12). The summed E-state index contributed by atoms with van der Waals surface area (Å²) in [7, 11) is 0. The molecule has 0 fully saturated rings. The van der Waals surface area contributed by atoms with Crippen molar-refractivity contribution in [1.29, 1.82) is 0 Å². The van der Waals surface area contributed by atoms with Crippen LogP contribution in [0.3, 0.4) is 0 Å². The maximum absolute atomic E-state index is 11.3. The minimum atomic E-state index is -0.429. The van der Waals surface area contributed by atoms with Gasteiger partial charge in [-0.25, -0.2) is 0 Å². The molecule has 0 saturated carbocycles. The highest BCUT2D eigenvalue weighted by molar-refractivity contribution is 5.99. The number of ether oxygens (including phenoxy) is 1. The Kier molecular flexibility index (Phi) is 6.01. The molecular formula is C10H15NO4. The van der Waals surface area contributed by atoms with Crippen molar-refractivity contribution < 1.29 is 19.1 Å². The van der Waals surface area contributed by atoms with Crippen molar-refractivity contribution in [3.05, 3.63) is 12.3 Å². The van der Waals surface area contributed by atoms with Crippen LogP contribution >= 0.6 is 0 Å². The van der Waals surface area contributed by atoms with Gasteiger partial charge < -0.3 is 10.1 Å². The smallest absolute Gasteiger partial charge is 0.306 e. The highest BCUT2D eigenvalue weighted by atomic mass is 16.5. The van der Waals surface area contributed by atoms with Gasteiger partial charge >= 0.3 is 5.97 Å². The fraction of sp³-hybridized carbons (Fsp3) is 0.500. The second kappa shape index (κ2) is 6.75. The molecule has 0 aliphatic rings. The van der Waals surface area contributed by atoms with Crippen LogP contribution in [0.25, 0.3) is 0 Å². The molecule has 5 heteroatoms. The quantitative estimate of drug-likeness (QED) is 0.516. The van der Waals surface area contributed by atoms with E-state index in [1.54, 1.807) is 6.92 Å². The zero-order valence-corrected chi connectivity index (χ0v) is 8.96. The van der Waals surface area contributed by atoms with Crippen LogP contribution in [-0.2, 0) is 19.1 Å². The largest absolute Gasteiger partial charge is 0.466 e. The van der Waals surface area contributed by atoms with E-state index in [1.807, 2.05) is 0 Å². The van der Waals surface area contributed by atoms with E-state index in [0.717, 1.165) is 0 Å². The lowest BCUT2D eigenvalue weighted by Gasteiger charge is -2.04. The van der Waals surface area contributed by atoms with E-state index in [-0.39, 0.29) is 30.2 Å². The van der Waals surface area contributed by atoms with E-state index >= 15 is 0 Å². The first-order valence-electron chi connectivity index (χ1n) is 4.62. The summed E-state index contributed by atoms with van der Waals surface area (Å²) in [6, 6.07) is 0. The molecule has 0 aromatic rings. The first-order valence-corrected chi connectivity index (χ1v) is 4.62. The summed E-state index contributed by atoms with van der Waals surface area (Å²) in [6.07, 6.45) is 0.00320. The van der Waals surface area contributed by atoms with Gasteiger partial charge in [0.25, 0.3) is 0 Å². The molecule has 0 heterocycles. The third-order valence-corrected chi connectivity index (χ3v) is 1.53. The predicted octanol–water partition coefficient (Wildman–Crippen LogP) is 0.549. The van der Waals surface area contributed by atoms with Crippen LogP contribution in [0.5, 0.6) is 0 Å². The second-order valence-electron chi connectivity index (χ2n) is 2.89. The molecule has 5 nitrogen and oxygen atoms in total. The third kappa shape index (κ3) is 6.42. The molecule has 0 saturated heterocycles. The molecule has 0 unspecified atom stereocenters. The molecule has 1 amide bonds. The van der Waals surface area contributed by atoms with Crippen molar-refractivity contribution in [2.75, 3.05) is 6.61 Å². The Labute approximate surface area is 88.5 Å². The predicted molar refractivity (Wildman–Crippen MR) is 53.8 cm³/mol.